The molecule has 0 aromatic carbocycles. The predicted octanol–water partition coefficient (Wildman–Crippen LogP) is 2.01. The molecule has 0 amide bonds. The molecule has 1 heterocycles. The summed E-state index contributed by atoms with van der Waals surface area (Å²) in [7, 11) is 0. The lowest BCUT2D eigenvalue weighted by molar-refractivity contribution is 0.385. The van der Waals surface area contributed by atoms with E-state index in [1.165, 1.54) is 36.6 Å². The average molecular weight is 184 g/mol. The molecule has 2 rings (SSSR count). The molecular weight excluding hydrogens is 168 g/mol. The number of amidine groups is 1. The van der Waals surface area contributed by atoms with Crippen LogP contribution in [0.3, 0.4) is 0 Å². The number of hydrogen-bond donors (Lipinski definition) is 1. The molecule has 1 unspecified atom stereocenters. The topological polar surface area (TPSA) is 24.4 Å². The quantitative estimate of drug-likeness (QED) is 0.710. The third-order valence-electron chi connectivity index (χ3n) is 2.62. The van der Waals surface area contributed by atoms with Crippen molar-refractivity contribution >= 4 is 16.9 Å². The van der Waals surface area contributed by atoms with Gasteiger partial charge in [-0.3, -0.25) is 4.99 Å². The summed E-state index contributed by atoms with van der Waals surface area (Å²) in [5, 5.41) is 4.69. The SMILES string of the molecule is CCC1CSC(NC2CCC2)=N1. The molecule has 1 aliphatic carbocycles. The second-order valence-electron chi connectivity index (χ2n) is 3.58. The van der Waals surface area contributed by atoms with Crippen LogP contribution in [0.15, 0.2) is 4.99 Å². The largest absolute Gasteiger partial charge is 0.362 e. The summed E-state index contributed by atoms with van der Waals surface area (Å²) in [6.07, 6.45) is 5.27. The normalized spacial score (nSPS) is 29.8. The molecule has 1 N–H and O–H groups in total. The molecule has 2 nitrogen and oxygen atoms in total. The first-order chi connectivity index (χ1) is 5.88. The molecule has 0 saturated heterocycles. The number of rotatable bonds is 2. The highest BCUT2D eigenvalue weighted by Gasteiger charge is 2.22. The molecule has 1 atom stereocenters. The molecule has 68 valence electrons. The maximum Gasteiger partial charge on any atom is 0.157 e. The van der Waals surface area contributed by atoms with Crippen molar-refractivity contribution in [1.29, 1.82) is 0 Å². The van der Waals surface area contributed by atoms with E-state index < -0.39 is 0 Å². The third kappa shape index (κ3) is 1.76. The lowest BCUT2D eigenvalue weighted by atomic mass is 9.93. The van der Waals surface area contributed by atoms with Gasteiger partial charge in [0, 0.05) is 11.8 Å². The summed E-state index contributed by atoms with van der Waals surface area (Å²) >= 11 is 1.89. The monoisotopic (exact) mass is 184 g/mol. The average Bonchev–Trinajstić information content (AvgIpc) is 2.44. The van der Waals surface area contributed by atoms with E-state index in [9.17, 15) is 0 Å². The molecule has 2 aliphatic rings. The van der Waals surface area contributed by atoms with E-state index in [2.05, 4.69) is 17.2 Å². The second kappa shape index (κ2) is 3.69. The van der Waals surface area contributed by atoms with Gasteiger partial charge in [-0.05, 0) is 25.7 Å². The van der Waals surface area contributed by atoms with Crippen molar-refractivity contribution in [3.05, 3.63) is 0 Å². The van der Waals surface area contributed by atoms with Crippen LogP contribution in [0.1, 0.15) is 32.6 Å². The number of nitrogens with one attached hydrogen (secondary N) is 1. The van der Waals surface area contributed by atoms with Crippen LogP contribution in [0.2, 0.25) is 0 Å². The van der Waals surface area contributed by atoms with Crippen LogP contribution < -0.4 is 5.32 Å². The van der Waals surface area contributed by atoms with Crippen LogP contribution in [0, 0.1) is 0 Å². The van der Waals surface area contributed by atoms with E-state index in [1.54, 1.807) is 0 Å². The standard InChI is InChI=1S/C9H16N2S/c1-2-7-6-12-9(10-7)11-8-4-3-5-8/h7-8H,2-6H2,1H3,(H,10,11). The zero-order chi connectivity index (χ0) is 8.39. The summed E-state index contributed by atoms with van der Waals surface area (Å²) in [6.45, 7) is 2.21. The van der Waals surface area contributed by atoms with Gasteiger partial charge in [0.2, 0.25) is 0 Å². The van der Waals surface area contributed by atoms with Crippen molar-refractivity contribution in [3.8, 4) is 0 Å². The van der Waals surface area contributed by atoms with E-state index in [-0.39, 0.29) is 0 Å². The van der Waals surface area contributed by atoms with Crippen molar-refractivity contribution in [2.24, 2.45) is 4.99 Å². The lowest BCUT2D eigenvalue weighted by Crippen LogP contribution is -2.37. The minimum Gasteiger partial charge on any atom is -0.362 e. The van der Waals surface area contributed by atoms with Gasteiger partial charge in [-0.25, -0.2) is 0 Å². The number of nitrogens with zero attached hydrogens (tertiary/aromatic N) is 1. The maximum absolute atomic E-state index is 4.60. The molecule has 0 radical (unpaired) electrons. The summed E-state index contributed by atoms with van der Waals surface area (Å²) in [4.78, 5) is 4.60. The van der Waals surface area contributed by atoms with Gasteiger partial charge in [0.1, 0.15) is 0 Å². The van der Waals surface area contributed by atoms with Gasteiger partial charge in [0.15, 0.2) is 5.17 Å². The van der Waals surface area contributed by atoms with E-state index in [4.69, 9.17) is 0 Å². The van der Waals surface area contributed by atoms with E-state index in [1.807, 2.05) is 11.8 Å². The van der Waals surface area contributed by atoms with E-state index in [0.29, 0.717) is 6.04 Å². The van der Waals surface area contributed by atoms with Gasteiger partial charge in [0.05, 0.1) is 6.04 Å². The highest BCUT2D eigenvalue weighted by molar-refractivity contribution is 8.14. The van der Waals surface area contributed by atoms with Crippen LogP contribution in [0.4, 0.5) is 0 Å². The van der Waals surface area contributed by atoms with Gasteiger partial charge in [-0.15, -0.1) is 0 Å². The summed E-state index contributed by atoms with van der Waals surface area (Å²) in [6, 6.07) is 1.32. The Kier molecular flexibility index (Phi) is 2.59. The Balaban J connectivity index is 1.80. The minimum atomic E-state index is 0.581. The van der Waals surface area contributed by atoms with Crippen LogP contribution in [-0.4, -0.2) is 23.0 Å². The lowest BCUT2D eigenvalue weighted by Gasteiger charge is -2.26. The maximum atomic E-state index is 4.60. The number of thioether (sulfide) groups is 1. The highest BCUT2D eigenvalue weighted by atomic mass is 32.2. The molecule has 3 heteroatoms. The van der Waals surface area contributed by atoms with Gasteiger partial charge in [0.25, 0.3) is 0 Å². The van der Waals surface area contributed by atoms with Crippen LogP contribution in [0.5, 0.6) is 0 Å². The number of aliphatic imine (C=N–C) groups is 1. The molecule has 0 aromatic heterocycles. The van der Waals surface area contributed by atoms with Gasteiger partial charge in [-0.2, -0.15) is 0 Å². The summed E-state index contributed by atoms with van der Waals surface area (Å²) in [5.74, 6) is 1.19. The number of hydrogen-bond acceptors (Lipinski definition) is 3. The molecule has 0 spiro atoms. The molecule has 0 aromatic rings. The van der Waals surface area contributed by atoms with Crippen LogP contribution in [0.25, 0.3) is 0 Å². The molecule has 0 bridgehead atoms. The molecule has 12 heavy (non-hydrogen) atoms. The Hall–Kier alpha value is -0.180. The Morgan fingerprint density at radius 3 is 2.92 bits per heavy atom. The van der Waals surface area contributed by atoms with Gasteiger partial charge >= 0.3 is 0 Å². The molecule has 1 saturated carbocycles. The smallest absolute Gasteiger partial charge is 0.157 e. The fourth-order valence-electron chi connectivity index (χ4n) is 1.43. The Morgan fingerprint density at radius 1 is 1.58 bits per heavy atom. The van der Waals surface area contributed by atoms with Crippen molar-refractivity contribution in [1.82, 2.24) is 5.32 Å². The van der Waals surface area contributed by atoms with Crippen LogP contribution >= 0.6 is 11.8 Å². The summed E-state index contributed by atoms with van der Waals surface area (Å²) in [5.41, 5.74) is 0. The fourth-order valence-corrected chi connectivity index (χ4v) is 2.56. The first-order valence-electron chi connectivity index (χ1n) is 4.85. The first kappa shape index (κ1) is 8.42. The molecular formula is C9H16N2S. The van der Waals surface area contributed by atoms with E-state index >= 15 is 0 Å². The van der Waals surface area contributed by atoms with Crippen molar-refractivity contribution in [2.75, 3.05) is 5.75 Å². The van der Waals surface area contributed by atoms with Crippen molar-refractivity contribution in [3.63, 3.8) is 0 Å². The Morgan fingerprint density at radius 2 is 2.42 bits per heavy atom. The highest BCUT2D eigenvalue weighted by Crippen LogP contribution is 2.23. The van der Waals surface area contributed by atoms with E-state index in [0.717, 1.165) is 6.04 Å². The summed E-state index contributed by atoms with van der Waals surface area (Å²) < 4.78 is 0. The van der Waals surface area contributed by atoms with Gasteiger partial charge < -0.3 is 5.32 Å². The van der Waals surface area contributed by atoms with Crippen LogP contribution in [-0.2, 0) is 0 Å². The fraction of sp³-hybridized carbons (Fsp3) is 0.889. The predicted molar refractivity (Wildman–Crippen MR) is 54.7 cm³/mol. The zero-order valence-electron chi connectivity index (χ0n) is 7.55. The van der Waals surface area contributed by atoms with Gasteiger partial charge in [-0.1, -0.05) is 18.7 Å². The second-order valence-corrected chi connectivity index (χ2v) is 4.59. The van der Waals surface area contributed by atoms with Crippen molar-refractivity contribution < 1.29 is 0 Å². The third-order valence-corrected chi connectivity index (χ3v) is 3.66. The Bertz CT molecular complexity index is 187. The first-order valence-corrected chi connectivity index (χ1v) is 5.84. The zero-order valence-corrected chi connectivity index (χ0v) is 8.36. The Labute approximate surface area is 78.2 Å². The molecule has 1 fully saturated rings. The molecule has 1 aliphatic heterocycles. The minimum absolute atomic E-state index is 0.581. The van der Waals surface area contributed by atoms with Crippen molar-refractivity contribution in [2.45, 2.75) is 44.7 Å².